The molecule has 3 rings (SSSR count). The Kier molecular flexibility index (Phi) is 6.52. The van der Waals surface area contributed by atoms with E-state index >= 15 is 0 Å². The average Bonchev–Trinajstić information content (AvgIpc) is 2.72. The lowest BCUT2D eigenvalue weighted by molar-refractivity contribution is 0.102. The van der Waals surface area contributed by atoms with Gasteiger partial charge < -0.3 is 5.32 Å². The minimum atomic E-state index is -3.68. The number of hydrogen-bond acceptors (Lipinski definition) is 5. The van der Waals surface area contributed by atoms with Crippen molar-refractivity contribution in [3.05, 3.63) is 63.6 Å². The number of aryl methyl sites for hydroxylation is 1. The topological polar surface area (TPSA) is 101 Å². The molecule has 170 valence electrons. The van der Waals surface area contributed by atoms with Gasteiger partial charge in [-0.25, -0.2) is 17.4 Å². The molecule has 0 bridgehead atoms. The molecule has 0 saturated carbocycles. The number of carbonyl (C=O) groups is 1. The van der Waals surface area contributed by atoms with E-state index in [1.165, 1.54) is 24.8 Å². The molecule has 0 saturated heterocycles. The fraction of sp³-hybridized carbons (Fsp3) is 0.348. The van der Waals surface area contributed by atoms with Gasteiger partial charge in [0, 0.05) is 31.7 Å². The standard InChI is InChI=1S/C23H28N4O4S/c1-14(2)13-27-23(29)19-10-8-7-9-18(19)21(25-27)22(28)24-20-12-17(11-15(3)16(20)4)32(30,31)26(5)6/h7-12,14H,13H2,1-6H3,(H,24,28). The third-order valence-electron chi connectivity index (χ3n) is 5.29. The van der Waals surface area contributed by atoms with Crippen LogP contribution in [0.25, 0.3) is 10.8 Å². The van der Waals surface area contributed by atoms with Crippen molar-refractivity contribution in [3.63, 3.8) is 0 Å². The molecule has 3 aromatic rings. The van der Waals surface area contributed by atoms with Gasteiger partial charge in [-0.05, 0) is 49.1 Å². The second kappa shape index (κ2) is 8.84. The lowest BCUT2D eigenvalue weighted by atomic mass is 10.1. The first-order valence-corrected chi connectivity index (χ1v) is 11.7. The van der Waals surface area contributed by atoms with Gasteiger partial charge in [0.15, 0.2) is 5.69 Å². The molecule has 9 heteroatoms. The fourth-order valence-electron chi connectivity index (χ4n) is 3.37. The molecule has 32 heavy (non-hydrogen) atoms. The maximum absolute atomic E-state index is 13.3. The Morgan fingerprint density at radius 1 is 1.12 bits per heavy atom. The predicted molar refractivity (Wildman–Crippen MR) is 126 cm³/mol. The first kappa shape index (κ1) is 23.6. The van der Waals surface area contributed by atoms with Gasteiger partial charge in [0.05, 0.1) is 10.3 Å². The number of fused-ring (bicyclic) bond motifs is 1. The summed E-state index contributed by atoms with van der Waals surface area (Å²) in [5.74, 6) is -0.351. The quantitative estimate of drug-likeness (QED) is 0.614. The Hall–Kier alpha value is -3.04. The van der Waals surface area contributed by atoms with Crippen molar-refractivity contribution in [1.29, 1.82) is 0 Å². The molecule has 0 spiro atoms. The largest absolute Gasteiger partial charge is 0.320 e. The molecular weight excluding hydrogens is 428 g/mol. The Bertz CT molecular complexity index is 1360. The highest BCUT2D eigenvalue weighted by Gasteiger charge is 2.22. The van der Waals surface area contributed by atoms with Gasteiger partial charge in [-0.15, -0.1) is 0 Å². The molecule has 0 aliphatic heterocycles. The van der Waals surface area contributed by atoms with Crippen molar-refractivity contribution in [2.75, 3.05) is 19.4 Å². The number of hydrogen-bond donors (Lipinski definition) is 1. The normalized spacial score (nSPS) is 12.0. The number of amides is 1. The van der Waals surface area contributed by atoms with Gasteiger partial charge in [0.25, 0.3) is 11.5 Å². The van der Waals surface area contributed by atoms with E-state index in [-0.39, 0.29) is 22.1 Å². The number of anilines is 1. The summed E-state index contributed by atoms with van der Waals surface area (Å²) in [6.45, 7) is 7.90. The minimum Gasteiger partial charge on any atom is -0.320 e. The number of carbonyl (C=O) groups excluding carboxylic acids is 1. The van der Waals surface area contributed by atoms with Gasteiger partial charge in [0.1, 0.15) is 0 Å². The number of rotatable bonds is 6. The maximum Gasteiger partial charge on any atom is 0.276 e. The van der Waals surface area contributed by atoms with Gasteiger partial charge in [0.2, 0.25) is 10.0 Å². The van der Waals surface area contributed by atoms with Gasteiger partial charge >= 0.3 is 0 Å². The summed E-state index contributed by atoms with van der Waals surface area (Å²) in [4.78, 5) is 26.2. The monoisotopic (exact) mass is 456 g/mol. The molecule has 8 nitrogen and oxygen atoms in total. The van der Waals surface area contributed by atoms with E-state index in [0.29, 0.717) is 23.0 Å². The summed E-state index contributed by atoms with van der Waals surface area (Å²) in [5, 5.41) is 8.02. The number of aromatic nitrogens is 2. The molecule has 1 N–H and O–H groups in total. The Morgan fingerprint density at radius 3 is 2.34 bits per heavy atom. The predicted octanol–water partition coefficient (Wildman–Crippen LogP) is 3.17. The highest BCUT2D eigenvalue weighted by Crippen LogP contribution is 2.26. The summed E-state index contributed by atoms with van der Waals surface area (Å²) >= 11 is 0. The second-order valence-corrected chi connectivity index (χ2v) is 10.6. The maximum atomic E-state index is 13.3. The van der Waals surface area contributed by atoms with Crippen LogP contribution in [0.2, 0.25) is 0 Å². The second-order valence-electron chi connectivity index (χ2n) is 8.43. The zero-order valence-electron chi connectivity index (χ0n) is 19.1. The molecule has 1 amide bonds. The summed E-state index contributed by atoms with van der Waals surface area (Å²) in [5.41, 5.74) is 1.71. The van der Waals surface area contributed by atoms with Crippen LogP contribution in [0.3, 0.4) is 0 Å². The number of benzene rings is 2. The smallest absolute Gasteiger partial charge is 0.276 e. The highest BCUT2D eigenvalue weighted by atomic mass is 32.2. The first-order valence-electron chi connectivity index (χ1n) is 10.3. The molecule has 0 unspecified atom stereocenters. The molecular formula is C23H28N4O4S. The van der Waals surface area contributed by atoms with E-state index in [9.17, 15) is 18.0 Å². The average molecular weight is 457 g/mol. The summed E-state index contributed by atoms with van der Waals surface area (Å²) in [7, 11) is -0.768. The number of sulfonamides is 1. The molecule has 0 aliphatic rings. The van der Waals surface area contributed by atoms with E-state index < -0.39 is 15.9 Å². The summed E-state index contributed by atoms with van der Waals surface area (Å²) < 4.78 is 27.7. The van der Waals surface area contributed by atoms with Crippen molar-refractivity contribution in [1.82, 2.24) is 14.1 Å². The Labute approximate surface area is 187 Å². The van der Waals surface area contributed by atoms with E-state index in [1.54, 1.807) is 37.3 Å². The van der Waals surface area contributed by atoms with E-state index in [1.807, 2.05) is 20.8 Å². The van der Waals surface area contributed by atoms with Crippen LogP contribution in [-0.2, 0) is 16.6 Å². The van der Waals surface area contributed by atoms with Gasteiger partial charge in [-0.1, -0.05) is 32.0 Å². The van der Waals surface area contributed by atoms with Crippen LogP contribution in [0.5, 0.6) is 0 Å². The van der Waals surface area contributed by atoms with E-state index in [0.717, 1.165) is 15.4 Å². The molecule has 0 atom stereocenters. The fourth-order valence-corrected chi connectivity index (χ4v) is 4.38. The molecule has 0 fully saturated rings. The van der Waals surface area contributed by atoms with Crippen LogP contribution >= 0.6 is 0 Å². The lowest BCUT2D eigenvalue weighted by Gasteiger charge is -2.17. The van der Waals surface area contributed by atoms with Crippen molar-refractivity contribution in [2.45, 2.75) is 39.1 Å². The Balaban J connectivity index is 2.13. The zero-order chi connectivity index (χ0) is 23.8. The lowest BCUT2D eigenvalue weighted by Crippen LogP contribution is -2.29. The van der Waals surface area contributed by atoms with Crippen LogP contribution in [0.4, 0.5) is 5.69 Å². The third kappa shape index (κ3) is 4.44. The number of nitrogens with zero attached hydrogens (tertiary/aromatic N) is 3. The molecule has 1 aromatic heterocycles. The van der Waals surface area contributed by atoms with Crippen LogP contribution in [0.1, 0.15) is 35.5 Å². The summed E-state index contributed by atoms with van der Waals surface area (Å²) in [6.07, 6.45) is 0. The molecule has 0 aliphatic carbocycles. The van der Waals surface area contributed by atoms with Gasteiger partial charge in [-0.2, -0.15) is 5.10 Å². The SMILES string of the molecule is Cc1cc(S(=O)(=O)N(C)C)cc(NC(=O)c2nn(CC(C)C)c(=O)c3ccccc23)c1C. The zero-order valence-corrected chi connectivity index (χ0v) is 19.9. The minimum absolute atomic E-state index is 0.0866. The van der Waals surface area contributed by atoms with Crippen LogP contribution in [-0.4, -0.2) is 42.5 Å². The van der Waals surface area contributed by atoms with E-state index in [4.69, 9.17) is 0 Å². The van der Waals surface area contributed by atoms with Crippen LogP contribution < -0.4 is 10.9 Å². The van der Waals surface area contributed by atoms with Crippen LogP contribution in [0, 0.1) is 19.8 Å². The van der Waals surface area contributed by atoms with Crippen molar-refractivity contribution >= 4 is 32.4 Å². The number of nitrogens with one attached hydrogen (secondary N) is 1. The molecule has 0 radical (unpaired) electrons. The van der Waals surface area contributed by atoms with Crippen molar-refractivity contribution in [3.8, 4) is 0 Å². The van der Waals surface area contributed by atoms with Crippen molar-refractivity contribution in [2.24, 2.45) is 5.92 Å². The highest BCUT2D eigenvalue weighted by molar-refractivity contribution is 7.89. The molecule has 2 aromatic carbocycles. The third-order valence-corrected chi connectivity index (χ3v) is 7.08. The Morgan fingerprint density at radius 2 is 1.75 bits per heavy atom. The molecule has 1 heterocycles. The first-order chi connectivity index (χ1) is 14.9. The van der Waals surface area contributed by atoms with Crippen LogP contribution in [0.15, 0.2) is 46.1 Å². The summed E-state index contributed by atoms with van der Waals surface area (Å²) in [6, 6.07) is 9.87. The van der Waals surface area contributed by atoms with Crippen molar-refractivity contribution < 1.29 is 13.2 Å². The van der Waals surface area contributed by atoms with E-state index in [2.05, 4.69) is 10.4 Å². The van der Waals surface area contributed by atoms with Gasteiger partial charge in [-0.3, -0.25) is 9.59 Å².